The molecule has 1 heterocycles. The Morgan fingerprint density at radius 2 is 2.00 bits per heavy atom. The molecule has 4 heteroatoms. The zero-order valence-electron chi connectivity index (χ0n) is 7.91. The Bertz CT molecular complexity index is 156. The lowest BCUT2D eigenvalue weighted by Gasteiger charge is -2.25. The molecule has 1 fully saturated rings. The number of carbonyl (C=O) groups is 1. The second kappa shape index (κ2) is 5.94. The lowest BCUT2D eigenvalue weighted by molar-refractivity contribution is -0.137. The van der Waals surface area contributed by atoms with Crippen molar-refractivity contribution in [1.82, 2.24) is 10.2 Å². The number of hydrogen-bond donors (Lipinski definition) is 1. The highest BCUT2D eigenvalue weighted by atomic mass is 16.4. The Labute approximate surface area is 78.9 Å². The number of carboxylic acids is 1. The Kier molecular flexibility index (Phi) is 4.78. The molecule has 4 nitrogen and oxygen atoms in total. The van der Waals surface area contributed by atoms with E-state index in [1.165, 1.54) is 0 Å². The summed E-state index contributed by atoms with van der Waals surface area (Å²) in [4.78, 5) is 12.6. The second-order valence-electron chi connectivity index (χ2n) is 3.36. The van der Waals surface area contributed by atoms with Gasteiger partial charge in [0.05, 0.1) is 0 Å². The van der Waals surface area contributed by atoms with Gasteiger partial charge in [0.1, 0.15) is 0 Å². The summed E-state index contributed by atoms with van der Waals surface area (Å²) >= 11 is 0. The van der Waals surface area contributed by atoms with E-state index in [0.717, 1.165) is 45.6 Å². The highest BCUT2D eigenvalue weighted by Gasteiger charge is 2.09. The summed E-state index contributed by atoms with van der Waals surface area (Å²) in [7, 11) is 0. The SMILES string of the molecule is O=C(O)CCCCN1CC[N]CC1. The predicted octanol–water partition coefficient (Wildman–Crippen LogP) is 0.161. The normalized spacial score (nSPS) is 18.8. The van der Waals surface area contributed by atoms with E-state index >= 15 is 0 Å². The van der Waals surface area contributed by atoms with Crippen molar-refractivity contribution in [2.75, 3.05) is 32.7 Å². The highest BCUT2D eigenvalue weighted by molar-refractivity contribution is 5.66. The number of piperazine rings is 1. The molecule has 0 aromatic rings. The number of carboxylic acid groups (broad SMARTS) is 1. The molecule has 1 radical (unpaired) electrons. The van der Waals surface area contributed by atoms with Gasteiger partial charge in [0.25, 0.3) is 0 Å². The molecule has 13 heavy (non-hydrogen) atoms. The summed E-state index contributed by atoms with van der Waals surface area (Å²) in [6.45, 7) is 5.01. The minimum atomic E-state index is -0.686. The van der Waals surface area contributed by atoms with E-state index in [1.807, 2.05) is 0 Å². The summed E-state index contributed by atoms with van der Waals surface area (Å²) in [5.41, 5.74) is 0. The van der Waals surface area contributed by atoms with Gasteiger partial charge >= 0.3 is 5.97 Å². The van der Waals surface area contributed by atoms with Crippen LogP contribution in [0.4, 0.5) is 0 Å². The maximum absolute atomic E-state index is 10.2. The van der Waals surface area contributed by atoms with Gasteiger partial charge in [-0.1, -0.05) is 0 Å². The summed E-state index contributed by atoms with van der Waals surface area (Å²) in [6, 6.07) is 0. The van der Waals surface area contributed by atoms with Crippen LogP contribution in [-0.4, -0.2) is 48.7 Å². The molecule has 0 aromatic carbocycles. The number of aliphatic carboxylic acids is 1. The molecular formula is C9H17N2O2. The van der Waals surface area contributed by atoms with Crippen LogP contribution in [0.3, 0.4) is 0 Å². The molecule has 75 valence electrons. The van der Waals surface area contributed by atoms with Crippen LogP contribution in [0.2, 0.25) is 0 Å². The van der Waals surface area contributed by atoms with E-state index in [4.69, 9.17) is 5.11 Å². The van der Waals surface area contributed by atoms with E-state index in [-0.39, 0.29) is 0 Å². The highest BCUT2D eigenvalue weighted by Crippen LogP contribution is 2.00. The van der Waals surface area contributed by atoms with Crippen molar-refractivity contribution in [3.05, 3.63) is 0 Å². The largest absolute Gasteiger partial charge is 0.481 e. The van der Waals surface area contributed by atoms with Crippen LogP contribution in [0.25, 0.3) is 0 Å². The third kappa shape index (κ3) is 4.85. The van der Waals surface area contributed by atoms with Gasteiger partial charge in [-0.25, -0.2) is 5.32 Å². The van der Waals surface area contributed by atoms with E-state index in [1.54, 1.807) is 0 Å². The molecule has 0 atom stereocenters. The smallest absolute Gasteiger partial charge is 0.303 e. The minimum Gasteiger partial charge on any atom is -0.481 e. The first-order valence-electron chi connectivity index (χ1n) is 4.86. The predicted molar refractivity (Wildman–Crippen MR) is 49.8 cm³/mol. The first-order chi connectivity index (χ1) is 6.29. The average Bonchev–Trinajstić information content (AvgIpc) is 2.14. The molecule has 0 spiro atoms. The molecule has 0 amide bonds. The van der Waals surface area contributed by atoms with E-state index < -0.39 is 5.97 Å². The summed E-state index contributed by atoms with van der Waals surface area (Å²) in [5.74, 6) is -0.686. The fraction of sp³-hybridized carbons (Fsp3) is 0.889. The Morgan fingerprint density at radius 3 is 2.62 bits per heavy atom. The molecule has 1 rings (SSSR count). The van der Waals surface area contributed by atoms with Gasteiger partial charge < -0.3 is 10.0 Å². The van der Waals surface area contributed by atoms with E-state index in [0.29, 0.717) is 6.42 Å². The van der Waals surface area contributed by atoms with Gasteiger partial charge in [-0.15, -0.1) is 0 Å². The van der Waals surface area contributed by atoms with Crippen molar-refractivity contribution >= 4 is 5.97 Å². The standard InChI is InChI=1S/C9H17N2O2/c12-9(13)3-1-2-6-11-7-4-10-5-8-11/h1-8H2,(H,12,13). The van der Waals surface area contributed by atoms with Gasteiger partial charge in [0.15, 0.2) is 0 Å². The summed E-state index contributed by atoms with van der Waals surface area (Å²) in [5, 5.41) is 12.7. The van der Waals surface area contributed by atoms with Gasteiger partial charge in [0.2, 0.25) is 0 Å². The molecule has 1 saturated heterocycles. The Hall–Kier alpha value is -0.610. The Morgan fingerprint density at radius 1 is 1.31 bits per heavy atom. The van der Waals surface area contributed by atoms with Crippen LogP contribution in [0, 0.1) is 0 Å². The minimum absolute atomic E-state index is 0.304. The fourth-order valence-corrected chi connectivity index (χ4v) is 1.48. The summed E-state index contributed by atoms with van der Waals surface area (Å²) < 4.78 is 0. The van der Waals surface area contributed by atoms with Crippen LogP contribution in [0.1, 0.15) is 19.3 Å². The quantitative estimate of drug-likeness (QED) is 0.621. The second-order valence-corrected chi connectivity index (χ2v) is 3.36. The maximum Gasteiger partial charge on any atom is 0.303 e. The molecule has 1 aliphatic rings. The number of nitrogens with zero attached hydrogens (tertiary/aromatic N) is 2. The van der Waals surface area contributed by atoms with E-state index in [9.17, 15) is 4.79 Å². The maximum atomic E-state index is 10.2. The van der Waals surface area contributed by atoms with Gasteiger partial charge in [-0.3, -0.25) is 4.79 Å². The van der Waals surface area contributed by atoms with Crippen molar-refractivity contribution in [3.8, 4) is 0 Å². The van der Waals surface area contributed by atoms with Crippen molar-refractivity contribution in [1.29, 1.82) is 0 Å². The third-order valence-corrected chi connectivity index (χ3v) is 2.26. The van der Waals surface area contributed by atoms with Crippen LogP contribution < -0.4 is 5.32 Å². The lowest BCUT2D eigenvalue weighted by Crippen LogP contribution is -2.40. The van der Waals surface area contributed by atoms with Gasteiger partial charge in [0, 0.05) is 32.6 Å². The van der Waals surface area contributed by atoms with Crippen LogP contribution in [0.5, 0.6) is 0 Å². The van der Waals surface area contributed by atoms with E-state index in [2.05, 4.69) is 10.2 Å². The third-order valence-electron chi connectivity index (χ3n) is 2.26. The lowest BCUT2D eigenvalue weighted by atomic mass is 10.2. The molecule has 1 aliphatic heterocycles. The average molecular weight is 185 g/mol. The zero-order valence-corrected chi connectivity index (χ0v) is 7.91. The zero-order chi connectivity index (χ0) is 9.52. The topological polar surface area (TPSA) is 54.6 Å². The number of unbranched alkanes of at least 4 members (excludes halogenated alkanes) is 1. The monoisotopic (exact) mass is 185 g/mol. The fourth-order valence-electron chi connectivity index (χ4n) is 1.48. The van der Waals surface area contributed by atoms with Crippen LogP contribution in [-0.2, 0) is 4.79 Å². The molecule has 0 unspecified atom stereocenters. The van der Waals surface area contributed by atoms with Crippen molar-refractivity contribution < 1.29 is 9.90 Å². The van der Waals surface area contributed by atoms with Crippen LogP contribution in [0.15, 0.2) is 0 Å². The molecular weight excluding hydrogens is 168 g/mol. The molecule has 0 bridgehead atoms. The molecule has 0 aromatic heterocycles. The van der Waals surface area contributed by atoms with Crippen LogP contribution >= 0.6 is 0 Å². The number of hydrogen-bond acceptors (Lipinski definition) is 2. The first kappa shape index (κ1) is 10.5. The number of rotatable bonds is 5. The van der Waals surface area contributed by atoms with Gasteiger partial charge in [-0.2, -0.15) is 0 Å². The first-order valence-corrected chi connectivity index (χ1v) is 4.86. The molecule has 0 aliphatic carbocycles. The van der Waals surface area contributed by atoms with Gasteiger partial charge in [-0.05, 0) is 19.4 Å². The Balaban J connectivity index is 1.95. The molecule has 0 saturated carbocycles. The van der Waals surface area contributed by atoms with Crippen molar-refractivity contribution in [2.45, 2.75) is 19.3 Å². The molecule has 1 N–H and O–H groups in total. The van der Waals surface area contributed by atoms with Crippen molar-refractivity contribution in [2.24, 2.45) is 0 Å². The summed E-state index contributed by atoms with van der Waals surface area (Å²) in [6.07, 6.45) is 2.09. The van der Waals surface area contributed by atoms with Crippen molar-refractivity contribution in [3.63, 3.8) is 0 Å².